The minimum Gasteiger partial charge on any atom is -0.454 e. The van der Waals surface area contributed by atoms with Crippen LogP contribution in [0.15, 0.2) is 30.3 Å². The van der Waals surface area contributed by atoms with Crippen molar-refractivity contribution in [1.29, 1.82) is 0 Å². The maximum atomic E-state index is 11.5. The van der Waals surface area contributed by atoms with Gasteiger partial charge in [0.25, 0.3) is 0 Å². The van der Waals surface area contributed by atoms with Gasteiger partial charge in [0, 0.05) is 13.0 Å². The molecule has 0 aromatic heterocycles. The molecule has 0 unspecified atom stereocenters. The summed E-state index contributed by atoms with van der Waals surface area (Å²) >= 11 is 0. The molecular formula is C16H22O4. The van der Waals surface area contributed by atoms with E-state index in [0.29, 0.717) is 19.6 Å². The smallest absolute Gasteiger partial charge is 0.375 e. The lowest BCUT2D eigenvalue weighted by Gasteiger charge is -2.18. The van der Waals surface area contributed by atoms with Crippen molar-refractivity contribution in [3.63, 3.8) is 0 Å². The molecular weight excluding hydrogens is 256 g/mol. The molecule has 110 valence electrons. The van der Waals surface area contributed by atoms with Gasteiger partial charge in [-0.25, -0.2) is 4.79 Å². The number of ether oxygens (including phenoxy) is 2. The molecule has 0 aliphatic heterocycles. The van der Waals surface area contributed by atoms with Crippen molar-refractivity contribution < 1.29 is 19.1 Å². The van der Waals surface area contributed by atoms with Gasteiger partial charge in [0.05, 0.1) is 6.61 Å². The summed E-state index contributed by atoms with van der Waals surface area (Å²) < 4.78 is 10.4. The highest BCUT2D eigenvalue weighted by atomic mass is 16.6. The molecule has 0 saturated carbocycles. The largest absolute Gasteiger partial charge is 0.454 e. The van der Waals surface area contributed by atoms with Crippen LogP contribution < -0.4 is 0 Å². The van der Waals surface area contributed by atoms with Crippen molar-refractivity contribution in [3.05, 3.63) is 35.9 Å². The van der Waals surface area contributed by atoms with Gasteiger partial charge in [0.2, 0.25) is 5.78 Å². The third kappa shape index (κ3) is 7.04. The molecule has 0 aliphatic carbocycles. The molecule has 4 nitrogen and oxygen atoms in total. The summed E-state index contributed by atoms with van der Waals surface area (Å²) in [6.07, 6.45) is 0.675. The molecule has 0 N–H and O–H groups in total. The van der Waals surface area contributed by atoms with Crippen molar-refractivity contribution in [2.45, 2.75) is 45.8 Å². The lowest BCUT2D eigenvalue weighted by atomic mass is 10.2. The van der Waals surface area contributed by atoms with Crippen molar-refractivity contribution in [2.24, 2.45) is 0 Å². The maximum absolute atomic E-state index is 11.5. The quantitative estimate of drug-likeness (QED) is 0.437. The first-order chi connectivity index (χ1) is 9.38. The third-order valence-electron chi connectivity index (χ3n) is 2.43. The van der Waals surface area contributed by atoms with Crippen LogP contribution in [0.1, 0.15) is 39.2 Å². The Morgan fingerprint density at radius 1 is 1.10 bits per heavy atom. The first kappa shape index (κ1) is 16.4. The average Bonchev–Trinajstić information content (AvgIpc) is 2.37. The lowest BCUT2D eigenvalue weighted by molar-refractivity contribution is -0.162. The SMILES string of the molecule is CC(C)(C)OC(=O)C(=O)CCCOCc1ccccc1. The van der Waals surface area contributed by atoms with Crippen molar-refractivity contribution in [2.75, 3.05) is 6.61 Å². The Morgan fingerprint density at radius 3 is 2.35 bits per heavy atom. The van der Waals surface area contributed by atoms with Crippen LogP contribution in [-0.2, 0) is 25.7 Å². The van der Waals surface area contributed by atoms with Crippen LogP contribution in [0.3, 0.4) is 0 Å². The number of rotatable bonds is 7. The molecule has 0 heterocycles. The number of esters is 1. The minimum atomic E-state index is -0.763. The number of carbonyl (C=O) groups excluding carboxylic acids is 2. The summed E-state index contributed by atoms with van der Waals surface area (Å²) in [6, 6.07) is 9.80. The van der Waals surface area contributed by atoms with E-state index in [1.54, 1.807) is 20.8 Å². The van der Waals surface area contributed by atoms with Crippen LogP contribution in [0.4, 0.5) is 0 Å². The molecule has 1 rings (SSSR count). The van der Waals surface area contributed by atoms with E-state index in [0.717, 1.165) is 5.56 Å². The Balaban J connectivity index is 2.15. The lowest BCUT2D eigenvalue weighted by Crippen LogP contribution is -2.28. The van der Waals surface area contributed by atoms with Crippen LogP contribution >= 0.6 is 0 Å². The molecule has 0 radical (unpaired) electrons. The summed E-state index contributed by atoms with van der Waals surface area (Å²) in [6.45, 7) is 6.17. The topological polar surface area (TPSA) is 52.6 Å². The minimum absolute atomic E-state index is 0.156. The molecule has 4 heteroatoms. The Labute approximate surface area is 120 Å². The fourth-order valence-corrected chi connectivity index (χ4v) is 1.54. The second kappa shape index (κ2) is 7.80. The van der Waals surface area contributed by atoms with Gasteiger partial charge in [-0.2, -0.15) is 0 Å². The van der Waals surface area contributed by atoms with E-state index in [9.17, 15) is 9.59 Å². The average molecular weight is 278 g/mol. The molecule has 0 spiro atoms. The molecule has 0 bridgehead atoms. The fourth-order valence-electron chi connectivity index (χ4n) is 1.54. The maximum Gasteiger partial charge on any atom is 0.375 e. The zero-order chi connectivity index (χ0) is 15.0. The zero-order valence-corrected chi connectivity index (χ0v) is 12.3. The van der Waals surface area contributed by atoms with Gasteiger partial charge in [-0.3, -0.25) is 4.79 Å². The third-order valence-corrected chi connectivity index (χ3v) is 2.43. The van der Waals surface area contributed by atoms with Gasteiger partial charge in [0.15, 0.2) is 0 Å². The van der Waals surface area contributed by atoms with Crippen LogP contribution in [0.25, 0.3) is 0 Å². The Kier molecular flexibility index (Phi) is 6.39. The Morgan fingerprint density at radius 2 is 1.75 bits per heavy atom. The fraction of sp³-hybridized carbons (Fsp3) is 0.500. The first-order valence-corrected chi connectivity index (χ1v) is 6.76. The van der Waals surface area contributed by atoms with E-state index >= 15 is 0 Å². The highest BCUT2D eigenvalue weighted by Gasteiger charge is 2.21. The summed E-state index contributed by atoms with van der Waals surface area (Å²) in [5.41, 5.74) is 0.460. The number of ketones is 1. The van der Waals surface area contributed by atoms with Gasteiger partial charge in [-0.1, -0.05) is 30.3 Å². The number of Topliss-reactive ketones (excluding diaryl/α,β-unsaturated/α-hetero) is 1. The van der Waals surface area contributed by atoms with Crippen molar-refractivity contribution >= 4 is 11.8 Å². The molecule has 1 aromatic rings. The predicted octanol–water partition coefficient (Wildman–Crippen LogP) is 2.89. The standard InChI is InChI=1S/C16H22O4/c1-16(2,3)20-15(18)14(17)10-7-11-19-12-13-8-5-4-6-9-13/h4-6,8-9H,7,10-12H2,1-3H3. The van der Waals surface area contributed by atoms with E-state index < -0.39 is 17.4 Å². The van der Waals surface area contributed by atoms with Crippen LogP contribution in [0, 0.1) is 0 Å². The van der Waals surface area contributed by atoms with Gasteiger partial charge in [-0.05, 0) is 32.8 Å². The normalized spacial score (nSPS) is 11.2. The number of hydrogen-bond donors (Lipinski definition) is 0. The summed E-state index contributed by atoms with van der Waals surface area (Å²) in [7, 11) is 0. The van der Waals surface area contributed by atoms with Crippen molar-refractivity contribution in [1.82, 2.24) is 0 Å². The monoisotopic (exact) mass is 278 g/mol. The summed E-state index contributed by atoms with van der Waals surface area (Å²) in [4.78, 5) is 23.0. The Bertz CT molecular complexity index is 432. The second-order valence-corrected chi connectivity index (χ2v) is 5.57. The van der Waals surface area contributed by atoms with Crippen LogP contribution in [0.2, 0.25) is 0 Å². The summed E-state index contributed by atoms with van der Waals surface area (Å²) in [5.74, 6) is -1.26. The van der Waals surface area contributed by atoms with E-state index in [2.05, 4.69) is 0 Å². The first-order valence-electron chi connectivity index (χ1n) is 6.76. The van der Waals surface area contributed by atoms with E-state index in [1.165, 1.54) is 0 Å². The zero-order valence-electron chi connectivity index (χ0n) is 12.3. The van der Waals surface area contributed by atoms with E-state index in [4.69, 9.17) is 9.47 Å². The van der Waals surface area contributed by atoms with Gasteiger partial charge in [0.1, 0.15) is 5.60 Å². The molecule has 0 fully saturated rings. The number of carbonyl (C=O) groups is 2. The van der Waals surface area contributed by atoms with Crippen molar-refractivity contribution in [3.8, 4) is 0 Å². The van der Waals surface area contributed by atoms with Gasteiger partial charge in [-0.15, -0.1) is 0 Å². The second-order valence-electron chi connectivity index (χ2n) is 5.57. The molecule has 0 saturated heterocycles. The van der Waals surface area contributed by atoms with Gasteiger partial charge < -0.3 is 9.47 Å². The molecule has 0 aliphatic rings. The van der Waals surface area contributed by atoms with E-state index in [1.807, 2.05) is 30.3 Å². The Hall–Kier alpha value is -1.68. The highest BCUT2D eigenvalue weighted by Crippen LogP contribution is 2.08. The van der Waals surface area contributed by atoms with E-state index in [-0.39, 0.29) is 6.42 Å². The molecule has 0 amide bonds. The number of benzene rings is 1. The van der Waals surface area contributed by atoms with Crippen LogP contribution in [-0.4, -0.2) is 24.0 Å². The molecule has 1 aromatic carbocycles. The number of hydrogen-bond acceptors (Lipinski definition) is 4. The highest BCUT2D eigenvalue weighted by molar-refractivity contribution is 6.33. The summed E-state index contributed by atoms with van der Waals surface area (Å²) in [5, 5.41) is 0. The van der Waals surface area contributed by atoms with Gasteiger partial charge >= 0.3 is 5.97 Å². The molecule has 0 atom stereocenters. The molecule has 20 heavy (non-hydrogen) atoms. The van der Waals surface area contributed by atoms with Crippen LogP contribution in [0.5, 0.6) is 0 Å². The predicted molar refractivity (Wildman–Crippen MR) is 76.2 cm³/mol.